The highest BCUT2D eigenvalue weighted by molar-refractivity contribution is 7.19. The fourth-order valence-electron chi connectivity index (χ4n) is 2.19. The molecule has 0 saturated heterocycles. The Balaban J connectivity index is 2.21. The molecule has 2 heterocycles. The van der Waals surface area contributed by atoms with E-state index >= 15 is 0 Å². The van der Waals surface area contributed by atoms with Crippen LogP contribution >= 0.6 is 11.3 Å². The van der Waals surface area contributed by atoms with Gasteiger partial charge in [0.2, 0.25) is 4.96 Å². The largest absolute Gasteiger partial charge is 0.221 e. The van der Waals surface area contributed by atoms with E-state index in [9.17, 15) is 5.26 Å². The first kappa shape index (κ1) is 12.8. The van der Waals surface area contributed by atoms with Crippen LogP contribution in [0.2, 0.25) is 0 Å². The smallest absolute Gasteiger partial charge is 0.213 e. The molecule has 0 amide bonds. The molecule has 0 aliphatic heterocycles. The molecule has 0 aliphatic rings. The summed E-state index contributed by atoms with van der Waals surface area (Å²) in [5.74, 6) is 0.223. The fourth-order valence-corrected chi connectivity index (χ4v) is 3.19. The Morgan fingerprint density at radius 1 is 1.30 bits per heavy atom. The fraction of sp³-hybridized carbons (Fsp3) is 0.267. The highest BCUT2D eigenvalue weighted by Gasteiger charge is 2.19. The maximum atomic E-state index is 9.34. The number of aryl methyl sites for hydroxylation is 1. The normalized spacial score (nSPS) is 11.2. The van der Waals surface area contributed by atoms with Crippen LogP contribution in [0.1, 0.15) is 36.7 Å². The second-order valence-corrected chi connectivity index (χ2v) is 5.98. The number of nitrogens with zero attached hydrogens (tertiary/aromatic N) is 4. The zero-order valence-electron chi connectivity index (χ0n) is 11.6. The summed E-state index contributed by atoms with van der Waals surface area (Å²) in [6.45, 7) is 6.13. The maximum Gasteiger partial charge on any atom is 0.213 e. The van der Waals surface area contributed by atoms with Gasteiger partial charge in [0.25, 0.3) is 0 Å². The molecular weight excluding hydrogens is 268 g/mol. The van der Waals surface area contributed by atoms with E-state index in [1.165, 1.54) is 16.9 Å². The van der Waals surface area contributed by atoms with Gasteiger partial charge in [-0.05, 0) is 18.4 Å². The third-order valence-electron chi connectivity index (χ3n) is 3.26. The minimum atomic E-state index is 0.223. The van der Waals surface area contributed by atoms with Crippen molar-refractivity contribution in [1.82, 2.24) is 14.6 Å². The zero-order chi connectivity index (χ0) is 14.3. The van der Waals surface area contributed by atoms with Gasteiger partial charge in [-0.3, -0.25) is 0 Å². The molecule has 0 fully saturated rings. The van der Waals surface area contributed by atoms with Gasteiger partial charge >= 0.3 is 0 Å². The lowest BCUT2D eigenvalue weighted by Crippen LogP contribution is -1.95. The van der Waals surface area contributed by atoms with Crippen molar-refractivity contribution in [3.05, 3.63) is 41.2 Å². The van der Waals surface area contributed by atoms with Crippen LogP contribution in [0.4, 0.5) is 0 Å². The third kappa shape index (κ3) is 1.89. The quantitative estimate of drug-likeness (QED) is 0.719. The first-order chi connectivity index (χ1) is 9.61. The van der Waals surface area contributed by atoms with Crippen LogP contribution in [0.3, 0.4) is 0 Å². The molecule has 0 spiro atoms. The molecule has 0 unspecified atom stereocenters. The molecule has 3 aromatic rings. The Labute approximate surface area is 121 Å². The summed E-state index contributed by atoms with van der Waals surface area (Å²) < 4.78 is 1.67. The van der Waals surface area contributed by atoms with E-state index in [-0.39, 0.29) is 5.92 Å². The van der Waals surface area contributed by atoms with E-state index in [4.69, 9.17) is 0 Å². The number of imidazole rings is 1. The average molecular weight is 282 g/mol. The number of fused-ring (bicyclic) bond motifs is 1. The minimum Gasteiger partial charge on any atom is -0.221 e. The molecule has 3 rings (SSSR count). The number of rotatable bonds is 2. The van der Waals surface area contributed by atoms with Gasteiger partial charge in [-0.25, -0.2) is 4.98 Å². The molecule has 0 N–H and O–H groups in total. The molecule has 0 radical (unpaired) electrons. The molecule has 5 heteroatoms. The van der Waals surface area contributed by atoms with Crippen LogP contribution in [0, 0.1) is 18.3 Å². The van der Waals surface area contributed by atoms with Gasteiger partial charge in [0.15, 0.2) is 5.69 Å². The van der Waals surface area contributed by atoms with Crippen molar-refractivity contribution in [3.8, 4) is 16.6 Å². The summed E-state index contributed by atoms with van der Waals surface area (Å²) in [6.07, 6.45) is 0. The lowest BCUT2D eigenvalue weighted by atomic mass is 10.1. The molecule has 2 aromatic heterocycles. The summed E-state index contributed by atoms with van der Waals surface area (Å²) in [5.41, 5.74) is 3.64. The van der Waals surface area contributed by atoms with E-state index < -0.39 is 0 Å². The molecule has 20 heavy (non-hydrogen) atoms. The van der Waals surface area contributed by atoms with Crippen LogP contribution in [0.5, 0.6) is 0 Å². The molecule has 100 valence electrons. The number of hydrogen-bond donors (Lipinski definition) is 0. The van der Waals surface area contributed by atoms with Crippen molar-refractivity contribution < 1.29 is 0 Å². The van der Waals surface area contributed by atoms with Crippen LogP contribution in [0.25, 0.3) is 15.5 Å². The summed E-state index contributed by atoms with van der Waals surface area (Å²) in [7, 11) is 0. The molecule has 1 aromatic carbocycles. The lowest BCUT2D eigenvalue weighted by molar-refractivity contribution is 0.822. The van der Waals surface area contributed by atoms with Crippen molar-refractivity contribution in [2.24, 2.45) is 0 Å². The van der Waals surface area contributed by atoms with Gasteiger partial charge in [0.1, 0.15) is 11.1 Å². The Bertz CT molecular complexity index is 820. The summed E-state index contributed by atoms with van der Waals surface area (Å²) >= 11 is 1.52. The van der Waals surface area contributed by atoms with Crippen molar-refractivity contribution >= 4 is 16.3 Å². The first-order valence-corrected chi connectivity index (χ1v) is 7.29. The molecular formula is C15H14N4S. The molecule has 0 aliphatic carbocycles. The Morgan fingerprint density at radius 3 is 2.70 bits per heavy atom. The van der Waals surface area contributed by atoms with Gasteiger partial charge in [-0.1, -0.05) is 49.4 Å². The number of nitriles is 1. The Morgan fingerprint density at radius 2 is 2.05 bits per heavy atom. The summed E-state index contributed by atoms with van der Waals surface area (Å²) in [5, 5.41) is 14.8. The molecule has 0 atom stereocenters. The predicted molar refractivity (Wildman–Crippen MR) is 79.8 cm³/mol. The van der Waals surface area contributed by atoms with E-state index in [2.05, 4.69) is 29.1 Å². The van der Waals surface area contributed by atoms with Crippen molar-refractivity contribution in [2.75, 3.05) is 0 Å². The number of benzene rings is 1. The van der Waals surface area contributed by atoms with Crippen molar-refractivity contribution in [2.45, 2.75) is 26.7 Å². The van der Waals surface area contributed by atoms with E-state index in [0.29, 0.717) is 5.69 Å². The van der Waals surface area contributed by atoms with Crippen LogP contribution in [-0.4, -0.2) is 14.6 Å². The van der Waals surface area contributed by atoms with Crippen LogP contribution in [0.15, 0.2) is 24.3 Å². The Kier molecular flexibility index (Phi) is 3.03. The van der Waals surface area contributed by atoms with Crippen molar-refractivity contribution in [3.63, 3.8) is 0 Å². The topological polar surface area (TPSA) is 54.0 Å². The van der Waals surface area contributed by atoms with Gasteiger partial charge in [0, 0.05) is 5.56 Å². The minimum absolute atomic E-state index is 0.223. The molecule has 0 bridgehead atoms. The van der Waals surface area contributed by atoms with Crippen LogP contribution in [-0.2, 0) is 0 Å². The van der Waals surface area contributed by atoms with Gasteiger partial charge in [-0.2, -0.15) is 14.9 Å². The van der Waals surface area contributed by atoms with Crippen LogP contribution < -0.4 is 0 Å². The highest BCUT2D eigenvalue weighted by Crippen LogP contribution is 2.30. The second kappa shape index (κ2) is 4.73. The molecule has 0 saturated carbocycles. The van der Waals surface area contributed by atoms with E-state index in [0.717, 1.165) is 21.2 Å². The van der Waals surface area contributed by atoms with Gasteiger partial charge in [-0.15, -0.1) is 0 Å². The van der Waals surface area contributed by atoms with Crippen molar-refractivity contribution in [1.29, 1.82) is 5.26 Å². The summed E-state index contributed by atoms with van der Waals surface area (Å²) in [4.78, 5) is 5.34. The number of hydrogen-bond acceptors (Lipinski definition) is 4. The monoisotopic (exact) mass is 282 g/mol. The first-order valence-electron chi connectivity index (χ1n) is 6.47. The molecule has 4 nitrogen and oxygen atoms in total. The highest BCUT2D eigenvalue weighted by atomic mass is 32.1. The zero-order valence-corrected chi connectivity index (χ0v) is 12.4. The van der Waals surface area contributed by atoms with E-state index in [1.807, 2.05) is 32.0 Å². The standard InChI is InChI=1S/C15H14N4S/c1-9(2)13-12(8-16)19-15(17-13)20-14(18-19)11-7-5-4-6-10(11)3/h4-7,9H,1-3H3. The third-order valence-corrected chi connectivity index (χ3v) is 4.20. The predicted octanol–water partition coefficient (Wildman–Crippen LogP) is 3.76. The van der Waals surface area contributed by atoms with E-state index in [1.54, 1.807) is 4.52 Å². The average Bonchev–Trinajstić information content (AvgIpc) is 2.95. The second-order valence-electron chi connectivity index (χ2n) is 5.03. The van der Waals surface area contributed by atoms with Gasteiger partial charge < -0.3 is 0 Å². The number of aromatic nitrogens is 3. The SMILES string of the molecule is Cc1ccccc1-c1nn2c(C#N)c(C(C)C)nc2s1. The summed E-state index contributed by atoms with van der Waals surface area (Å²) in [6, 6.07) is 10.3. The van der Waals surface area contributed by atoms with Gasteiger partial charge in [0.05, 0.1) is 5.69 Å². The lowest BCUT2D eigenvalue weighted by Gasteiger charge is -2.01. The Hall–Kier alpha value is -2.19. The maximum absolute atomic E-state index is 9.34.